The molecule has 0 aliphatic heterocycles. The number of aliphatic hydroxyl groups excluding tert-OH is 1. The van der Waals surface area contributed by atoms with Gasteiger partial charge in [0.05, 0.1) is 18.3 Å². The number of carbonyl (C=O) groups is 1. The summed E-state index contributed by atoms with van der Waals surface area (Å²) in [5.74, 6) is 0.372. The van der Waals surface area contributed by atoms with Crippen LogP contribution in [0.2, 0.25) is 0 Å². The van der Waals surface area contributed by atoms with Gasteiger partial charge in [-0.1, -0.05) is 6.07 Å². The number of fused-ring (bicyclic) bond motifs is 1. The van der Waals surface area contributed by atoms with Crippen molar-refractivity contribution in [3.63, 3.8) is 0 Å². The standard InChI is InChI=1S/C16H22N4O2/c1-11-4-3-5-15-18-13(9-20(11)15)8-17-16(22)19(2)10-14(21)12-6-7-12/h3-5,9,12,14,21H,6-8,10H2,1-2H3,(H,17,22). The van der Waals surface area contributed by atoms with E-state index in [1.54, 1.807) is 7.05 Å². The summed E-state index contributed by atoms with van der Waals surface area (Å²) in [6.07, 6.45) is 3.66. The largest absolute Gasteiger partial charge is 0.391 e. The first-order chi connectivity index (χ1) is 10.5. The van der Waals surface area contributed by atoms with Crippen molar-refractivity contribution in [1.29, 1.82) is 0 Å². The summed E-state index contributed by atoms with van der Waals surface area (Å²) in [6, 6.07) is 5.74. The maximum Gasteiger partial charge on any atom is 0.317 e. The van der Waals surface area contributed by atoms with Crippen LogP contribution in [0, 0.1) is 12.8 Å². The van der Waals surface area contributed by atoms with Gasteiger partial charge in [-0.25, -0.2) is 9.78 Å². The van der Waals surface area contributed by atoms with Gasteiger partial charge >= 0.3 is 6.03 Å². The van der Waals surface area contributed by atoms with Crippen LogP contribution in [0.3, 0.4) is 0 Å². The number of aliphatic hydroxyl groups is 1. The van der Waals surface area contributed by atoms with Crippen LogP contribution in [0.25, 0.3) is 5.65 Å². The molecule has 118 valence electrons. The molecule has 0 aromatic carbocycles. The Bertz CT molecular complexity index is 678. The van der Waals surface area contributed by atoms with Crippen molar-refractivity contribution in [2.45, 2.75) is 32.4 Å². The number of rotatable bonds is 5. The Morgan fingerprint density at radius 3 is 3.00 bits per heavy atom. The SMILES string of the molecule is Cc1cccc2nc(CNC(=O)N(C)CC(O)C3CC3)cn12. The fraction of sp³-hybridized carbons (Fsp3) is 0.500. The molecule has 6 nitrogen and oxygen atoms in total. The lowest BCUT2D eigenvalue weighted by Crippen LogP contribution is -2.41. The first-order valence-corrected chi connectivity index (χ1v) is 7.65. The summed E-state index contributed by atoms with van der Waals surface area (Å²) in [5, 5.41) is 12.7. The van der Waals surface area contributed by atoms with Crippen molar-refractivity contribution in [3.05, 3.63) is 35.8 Å². The highest BCUT2D eigenvalue weighted by Crippen LogP contribution is 2.32. The maximum atomic E-state index is 12.0. The number of hydrogen-bond acceptors (Lipinski definition) is 3. The number of hydrogen-bond donors (Lipinski definition) is 2. The van der Waals surface area contributed by atoms with Crippen LogP contribution in [-0.4, -0.2) is 45.1 Å². The van der Waals surface area contributed by atoms with Crippen LogP contribution >= 0.6 is 0 Å². The summed E-state index contributed by atoms with van der Waals surface area (Å²) in [7, 11) is 1.70. The summed E-state index contributed by atoms with van der Waals surface area (Å²) in [4.78, 5) is 18.1. The molecule has 0 saturated heterocycles. The van der Waals surface area contributed by atoms with E-state index in [4.69, 9.17) is 0 Å². The van der Waals surface area contributed by atoms with Gasteiger partial charge in [-0.05, 0) is 37.8 Å². The van der Waals surface area contributed by atoms with Crippen molar-refractivity contribution in [2.75, 3.05) is 13.6 Å². The molecule has 2 heterocycles. The number of amides is 2. The number of pyridine rings is 1. The average molecular weight is 302 g/mol. The van der Waals surface area contributed by atoms with Crippen molar-refractivity contribution in [2.24, 2.45) is 5.92 Å². The summed E-state index contributed by atoms with van der Waals surface area (Å²) in [6.45, 7) is 2.77. The maximum absolute atomic E-state index is 12.0. The minimum absolute atomic E-state index is 0.187. The minimum atomic E-state index is -0.409. The van der Waals surface area contributed by atoms with Crippen LogP contribution in [0.15, 0.2) is 24.4 Å². The van der Waals surface area contributed by atoms with E-state index in [9.17, 15) is 9.90 Å². The highest BCUT2D eigenvalue weighted by atomic mass is 16.3. The van der Waals surface area contributed by atoms with Gasteiger partial charge < -0.3 is 19.7 Å². The highest BCUT2D eigenvalue weighted by molar-refractivity contribution is 5.73. The Balaban J connectivity index is 1.56. The molecule has 1 atom stereocenters. The number of nitrogens with zero attached hydrogens (tertiary/aromatic N) is 3. The zero-order valence-corrected chi connectivity index (χ0v) is 13.0. The van der Waals surface area contributed by atoms with Gasteiger partial charge in [0, 0.05) is 25.5 Å². The molecule has 0 bridgehead atoms. The summed E-state index contributed by atoms with van der Waals surface area (Å²) < 4.78 is 2.00. The number of aryl methyl sites for hydroxylation is 1. The topological polar surface area (TPSA) is 69.9 Å². The van der Waals surface area contributed by atoms with E-state index < -0.39 is 6.10 Å². The van der Waals surface area contributed by atoms with E-state index in [0.29, 0.717) is 19.0 Å². The van der Waals surface area contributed by atoms with Crippen molar-refractivity contribution in [1.82, 2.24) is 19.6 Å². The van der Waals surface area contributed by atoms with Crippen molar-refractivity contribution < 1.29 is 9.90 Å². The number of likely N-dealkylation sites (N-methyl/N-ethyl adjacent to an activating group) is 1. The average Bonchev–Trinajstić information content (AvgIpc) is 3.25. The molecular weight excluding hydrogens is 280 g/mol. The van der Waals surface area contributed by atoms with E-state index in [1.165, 1.54) is 4.90 Å². The zero-order chi connectivity index (χ0) is 15.7. The third-order valence-electron chi connectivity index (χ3n) is 4.14. The Morgan fingerprint density at radius 2 is 2.32 bits per heavy atom. The van der Waals surface area contributed by atoms with Gasteiger partial charge in [0.25, 0.3) is 0 Å². The number of imidazole rings is 1. The Morgan fingerprint density at radius 1 is 1.55 bits per heavy atom. The van der Waals surface area contributed by atoms with Gasteiger partial charge in [0.1, 0.15) is 5.65 Å². The molecule has 6 heteroatoms. The van der Waals surface area contributed by atoms with Crippen LogP contribution in [0.1, 0.15) is 24.2 Å². The summed E-state index contributed by atoms with van der Waals surface area (Å²) in [5.41, 5.74) is 2.80. The molecule has 2 aromatic rings. The van der Waals surface area contributed by atoms with Gasteiger partial charge in [-0.3, -0.25) is 0 Å². The molecular formula is C16H22N4O2. The van der Waals surface area contributed by atoms with Gasteiger partial charge in [-0.15, -0.1) is 0 Å². The van der Waals surface area contributed by atoms with E-state index in [1.807, 2.05) is 35.7 Å². The molecule has 1 aliphatic carbocycles. The van der Waals surface area contributed by atoms with Gasteiger partial charge in [-0.2, -0.15) is 0 Å². The first kappa shape index (κ1) is 14.8. The van der Waals surface area contributed by atoms with E-state index in [0.717, 1.165) is 29.9 Å². The first-order valence-electron chi connectivity index (χ1n) is 7.65. The summed E-state index contributed by atoms with van der Waals surface area (Å²) >= 11 is 0. The smallest absolute Gasteiger partial charge is 0.317 e. The van der Waals surface area contributed by atoms with E-state index in [-0.39, 0.29) is 6.03 Å². The van der Waals surface area contributed by atoms with E-state index >= 15 is 0 Å². The molecule has 1 aliphatic rings. The number of nitrogens with one attached hydrogen (secondary N) is 1. The second-order valence-electron chi connectivity index (χ2n) is 6.07. The van der Waals surface area contributed by atoms with Gasteiger partial charge in [0.2, 0.25) is 0 Å². The van der Waals surface area contributed by atoms with Crippen LogP contribution in [0.4, 0.5) is 4.79 Å². The number of aromatic nitrogens is 2. The van der Waals surface area contributed by atoms with E-state index in [2.05, 4.69) is 10.3 Å². The van der Waals surface area contributed by atoms with Gasteiger partial charge in [0.15, 0.2) is 0 Å². The van der Waals surface area contributed by atoms with Crippen molar-refractivity contribution in [3.8, 4) is 0 Å². The highest BCUT2D eigenvalue weighted by Gasteiger charge is 2.31. The molecule has 2 aromatic heterocycles. The molecule has 3 rings (SSSR count). The quantitative estimate of drug-likeness (QED) is 0.880. The fourth-order valence-electron chi connectivity index (χ4n) is 2.58. The normalized spacial score (nSPS) is 15.8. The molecule has 1 unspecified atom stereocenters. The predicted octanol–water partition coefficient (Wildman–Crippen LogP) is 1.56. The van der Waals surface area contributed by atoms with Crippen LogP contribution < -0.4 is 5.32 Å². The molecule has 22 heavy (non-hydrogen) atoms. The Hall–Kier alpha value is -2.08. The molecule has 1 saturated carbocycles. The second kappa shape index (κ2) is 5.96. The second-order valence-corrected chi connectivity index (χ2v) is 6.07. The monoisotopic (exact) mass is 302 g/mol. The number of carbonyl (C=O) groups excluding carboxylic acids is 1. The van der Waals surface area contributed by atoms with Crippen molar-refractivity contribution >= 4 is 11.7 Å². The molecule has 1 fully saturated rings. The van der Waals surface area contributed by atoms with Crippen LogP contribution in [-0.2, 0) is 6.54 Å². The third-order valence-corrected chi connectivity index (χ3v) is 4.14. The molecule has 2 amide bonds. The fourth-order valence-corrected chi connectivity index (χ4v) is 2.58. The Kier molecular flexibility index (Phi) is 4.02. The third kappa shape index (κ3) is 3.22. The lowest BCUT2D eigenvalue weighted by molar-refractivity contribution is 0.113. The predicted molar refractivity (Wildman–Crippen MR) is 83.5 cm³/mol. The molecule has 0 spiro atoms. The Labute approximate surface area is 129 Å². The molecule has 2 N–H and O–H groups in total. The molecule has 0 radical (unpaired) electrons. The zero-order valence-electron chi connectivity index (χ0n) is 13.0. The lowest BCUT2D eigenvalue weighted by atomic mass is 10.2. The number of urea groups is 1. The minimum Gasteiger partial charge on any atom is -0.391 e. The van der Waals surface area contributed by atoms with Crippen LogP contribution in [0.5, 0.6) is 0 Å². The lowest BCUT2D eigenvalue weighted by Gasteiger charge is -2.20.